The van der Waals surface area contributed by atoms with Gasteiger partial charge in [-0.3, -0.25) is 14.6 Å². The first-order chi connectivity index (χ1) is 20.0. The maximum absolute atomic E-state index is 13.0. The molecule has 3 aromatic rings. The molecule has 3 aliphatic carbocycles. The highest BCUT2D eigenvalue weighted by Crippen LogP contribution is 2.65. The normalized spacial score (nSPS) is 31.5. The number of benzene rings is 3. The fourth-order valence-corrected chi connectivity index (χ4v) is 8.96. The Bertz CT molecular complexity index is 1430. The predicted octanol–water partition coefficient (Wildman–Crippen LogP) is 4.42. The summed E-state index contributed by atoms with van der Waals surface area (Å²) in [5, 5.41) is 13.0. The van der Waals surface area contributed by atoms with Crippen LogP contribution in [-0.2, 0) is 24.9 Å². The second kappa shape index (κ2) is 9.41. The van der Waals surface area contributed by atoms with Gasteiger partial charge in [-0.2, -0.15) is 0 Å². The zero-order chi connectivity index (χ0) is 27.8. The van der Waals surface area contributed by atoms with Crippen LogP contribution in [0, 0.1) is 5.92 Å². The lowest BCUT2D eigenvalue weighted by Crippen LogP contribution is -2.78. The molecule has 2 saturated carbocycles. The molecule has 41 heavy (non-hydrogen) atoms. The van der Waals surface area contributed by atoms with E-state index in [1.165, 1.54) is 29.5 Å². The number of likely N-dealkylation sites (tertiary alicyclic amines) is 1. The first-order valence-electron chi connectivity index (χ1n) is 15.4. The van der Waals surface area contributed by atoms with Gasteiger partial charge in [-0.1, -0.05) is 66.7 Å². The monoisotopic (exact) mass is 549 g/mol. The van der Waals surface area contributed by atoms with Crippen molar-refractivity contribution in [1.29, 1.82) is 0 Å². The number of ether oxygens (including phenoxy) is 1. The van der Waals surface area contributed by atoms with Crippen LogP contribution in [0.4, 0.5) is 0 Å². The van der Waals surface area contributed by atoms with Gasteiger partial charge >= 0.3 is 0 Å². The molecule has 3 fully saturated rings. The average molecular weight is 550 g/mol. The highest BCUT2D eigenvalue weighted by atomic mass is 16.5. The molecule has 2 heterocycles. The van der Waals surface area contributed by atoms with Gasteiger partial charge < -0.3 is 15.6 Å². The van der Waals surface area contributed by atoms with Crippen LogP contribution in [0.25, 0.3) is 0 Å². The van der Waals surface area contributed by atoms with Crippen molar-refractivity contribution in [2.24, 2.45) is 11.7 Å². The van der Waals surface area contributed by atoms with Crippen molar-refractivity contribution in [1.82, 2.24) is 9.80 Å². The fraction of sp³-hybridized carbons (Fsp3) is 0.457. The van der Waals surface area contributed by atoms with E-state index in [4.69, 9.17) is 10.5 Å². The molecule has 0 aromatic heterocycles. The van der Waals surface area contributed by atoms with Crippen LogP contribution in [0.15, 0.2) is 72.8 Å². The SMILES string of the molecule is NC(=O)c1ccc2c3c1OC1[C@H](N(Cc4ccccc4)Cc4ccccc4)CC[C@@]4(O)[C@@H](C2)N(CC2CC2)CC[C@]314. The van der Waals surface area contributed by atoms with Crippen molar-refractivity contribution >= 4 is 5.91 Å². The number of nitrogens with zero attached hydrogens (tertiary/aromatic N) is 2. The summed E-state index contributed by atoms with van der Waals surface area (Å²) < 4.78 is 7.01. The molecule has 5 aliphatic rings. The van der Waals surface area contributed by atoms with E-state index < -0.39 is 16.9 Å². The maximum atomic E-state index is 13.0. The quantitative estimate of drug-likeness (QED) is 0.435. The smallest absolute Gasteiger partial charge is 0.252 e. The molecule has 0 radical (unpaired) electrons. The van der Waals surface area contributed by atoms with E-state index in [2.05, 4.69) is 76.5 Å². The minimum atomic E-state index is -0.902. The summed E-state index contributed by atoms with van der Waals surface area (Å²) in [6.07, 6.45) is 5.54. The second-order valence-corrected chi connectivity index (χ2v) is 13.2. The minimum absolute atomic E-state index is 0.0680. The fourth-order valence-electron chi connectivity index (χ4n) is 8.96. The minimum Gasteiger partial charge on any atom is -0.487 e. The van der Waals surface area contributed by atoms with Gasteiger partial charge in [-0.25, -0.2) is 0 Å². The molecular weight excluding hydrogens is 510 g/mol. The second-order valence-electron chi connectivity index (χ2n) is 13.2. The number of amides is 1. The Labute approximate surface area is 242 Å². The average Bonchev–Trinajstić information content (AvgIpc) is 3.72. The molecule has 1 spiro atoms. The number of rotatable bonds is 8. The summed E-state index contributed by atoms with van der Waals surface area (Å²) in [5.74, 6) is 0.941. The molecule has 1 saturated heterocycles. The Morgan fingerprint density at radius 3 is 2.27 bits per heavy atom. The molecule has 2 bridgehead atoms. The molecule has 8 rings (SSSR count). The maximum Gasteiger partial charge on any atom is 0.252 e. The van der Waals surface area contributed by atoms with Gasteiger partial charge in [0.05, 0.1) is 16.6 Å². The van der Waals surface area contributed by atoms with Gasteiger partial charge in [0.1, 0.15) is 11.9 Å². The first-order valence-corrected chi connectivity index (χ1v) is 15.4. The number of carbonyl (C=O) groups excluding carboxylic acids is 1. The number of carbonyl (C=O) groups is 1. The number of nitrogens with two attached hydrogens (primary N) is 1. The van der Waals surface area contributed by atoms with Crippen molar-refractivity contribution in [3.05, 3.63) is 101 Å². The Kier molecular flexibility index (Phi) is 5.86. The lowest BCUT2D eigenvalue weighted by Gasteiger charge is -2.65. The third kappa shape index (κ3) is 3.84. The number of aliphatic hydroxyl groups is 1. The number of hydrogen-bond donors (Lipinski definition) is 2. The summed E-state index contributed by atoms with van der Waals surface area (Å²) in [4.78, 5) is 17.8. The number of primary amides is 1. The molecule has 5 atom stereocenters. The first kappa shape index (κ1) is 25.5. The topological polar surface area (TPSA) is 79.0 Å². The number of piperidine rings is 1. The van der Waals surface area contributed by atoms with Gasteiger partial charge in [0.25, 0.3) is 5.91 Å². The summed E-state index contributed by atoms with van der Waals surface area (Å²) in [7, 11) is 0. The zero-order valence-corrected chi connectivity index (χ0v) is 23.5. The molecule has 2 aliphatic heterocycles. The van der Waals surface area contributed by atoms with E-state index in [1.54, 1.807) is 0 Å². The van der Waals surface area contributed by atoms with Gasteiger partial charge in [0.15, 0.2) is 0 Å². The lowest BCUT2D eigenvalue weighted by atomic mass is 9.48. The number of hydrogen-bond acceptors (Lipinski definition) is 5. The summed E-state index contributed by atoms with van der Waals surface area (Å²) >= 11 is 0. The van der Waals surface area contributed by atoms with Crippen LogP contribution in [-0.4, -0.2) is 57.7 Å². The van der Waals surface area contributed by atoms with Gasteiger partial charge in [0.2, 0.25) is 0 Å². The van der Waals surface area contributed by atoms with Crippen LogP contribution in [0.1, 0.15) is 64.7 Å². The third-order valence-electron chi connectivity index (χ3n) is 10.9. The van der Waals surface area contributed by atoms with Gasteiger partial charge in [0, 0.05) is 37.3 Å². The summed E-state index contributed by atoms with van der Waals surface area (Å²) in [6, 6.07) is 25.4. The van der Waals surface area contributed by atoms with Crippen molar-refractivity contribution in [3.8, 4) is 5.75 Å². The summed E-state index contributed by atoms with van der Waals surface area (Å²) in [5.41, 5.74) is 9.73. The molecule has 6 nitrogen and oxygen atoms in total. The lowest BCUT2D eigenvalue weighted by molar-refractivity contribution is -0.201. The third-order valence-corrected chi connectivity index (χ3v) is 10.9. The highest BCUT2D eigenvalue weighted by molar-refractivity contribution is 5.97. The van der Waals surface area contributed by atoms with E-state index >= 15 is 0 Å². The van der Waals surface area contributed by atoms with Crippen LogP contribution in [0.2, 0.25) is 0 Å². The van der Waals surface area contributed by atoms with Crippen molar-refractivity contribution in [3.63, 3.8) is 0 Å². The zero-order valence-electron chi connectivity index (χ0n) is 23.5. The van der Waals surface area contributed by atoms with Crippen LogP contribution < -0.4 is 10.5 Å². The standard InChI is InChI=1S/C35H39N3O3/c36-33(39)27-14-13-26-19-29-35(40)16-15-28(38(21-23-7-3-1-4-8-23)22-24-9-5-2-6-10-24)32-34(35,30(26)31(27)41-32)17-18-37(29)20-25-11-12-25/h1-10,13-14,25,28-29,32,40H,11-12,15-22H2,(H2,36,39)/t28-,29-,32?,34+,35-/m1/s1. The Morgan fingerprint density at radius 2 is 1.63 bits per heavy atom. The molecule has 1 unspecified atom stereocenters. The van der Waals surface area contributed by atoms with E-state index in [0.29, 0.717) is 11.3 Å². The van der Waals surface area contributed by atoms with Gasteiger partial charge in [-0.15, -0.1) is 0 Å². The molecular formula is C35H39N3O3. The van der Waals surface area contributed by atoms with Crippen molar-refractivity contribution < 1.29 is 14.6 Å². The van der Waals surface area contributed by atoms with Crippen molar-refractivity contribution in [2.45, 2.75) is 80.8 Å². The van der Waals surface area contributed by atoms with E-state index in [0.717, 1.165) is 63.3 Å². The Balaban J connectivity index is 1.25. The molecule has 212 valence electrons. The van der Waals surface area contributed by atoms with Gasteiger partial charge in [-0.05, 0) is 73.7 Å². The van der Waals surface area contributed by atoms with Crippen LogP contribution >= 0.6 is 0 Å². The molecule has 6 heteroatoms. The predicted molar refractivity (Wildman–Crippen MR) is 158 cm³/mol. The Hall–Kier alpha value is -3.19. The molecule has 3 N–H and O–H groups in total. The van der Waals surface area contributed by atoms with Crippen LogP contribution in [0.5, 0.6) is 5.75 Å². The van der Waals surface area contributed by atoms with E-state index in [1.807, 2.05) is 6.07 Å². The molecule has 1 amide bonds. The van der Waals surface area contributed by atoms with Crippen LogP contribution in [0.3, 0.4) is 0 Å². The highest BCUT2D eigenvalue weighted by Gasteiger charge is 2.73. The summed E-state index contributed by atoms with van der Waals surface area (Å²) in [6.45, 7) is 3.61. The van der Waals surface area contributed by atoms with Crippen molar-refractivity contribution in [2.75, 3.05) is 13.1 Å². The van der Waals surface area contributed by atoms with E-state index in [9.17, 15) is 9.90 Å². The molecule has 3 aromatic carbocycles. The van der Waals surface area contributed by atoms with E-state index in [-0.39, 0.29) is 18.2 Å². The largest absolute Gasteiger partial charge is 0.487 e. The Morgan fingerprint density at radius 1 is 0.951 bits per heavy atom.